The van der Waals surface area contributed by atoms with Crippen LogP contribution in [0.15, 0.2) is 23.2 Å². The zero-order valence-corrected chi connectivity index (χ0v) is 12.2. The van der Waals surface area contributed by atoms with Gasteiger partial charge in [0.2, 0.25) is 15.9 Å². The van der Waals surface area contributed by atoms with E-state index in [0.29, 0.717) is 12.5 Å². The summed E-state index contributed by atoms with van der Waals surface area (Å²) in [6.07, 6.45) is 1.41. The molecule has 0 aromatic carbocycles. The minimum Gasteiger partial charge on any atom is -0.355 e. The fourth-order valence-corrected chi connectivity index (χ4v) is 2.44. The molecular weight excluding hydrogens is 282 g/mol. The number of anilines is 1. The molecule has 0 bridgehead atoms. The summed E-state index contributed by atoms with van der Waals surface area (Å²) in [6, 6.07) is 2.81. The fourth-order valence-electron chi connectivity index (χ4n) is 1.33. The molecule has 5 N–H and O–H groups in total. The topological polar surface area (TPSA) is 126 Å². The Hall–Kier alpha value is -1.71. The molecule has 0 unspecified atom stereocenters. The van der Waals surface area contributed by atoms with Crippen molar-refractivity contribution in [3.8, 4) is 0 Å². The molecule has 0 radical (unpaired) electrons. The van der Waals surface area contributed by atoms with Crippen molar-refractivity contribution >= 4 is 21.7 Å². The van der Waals surface area contributed by atoms with Crippen molar-refractivity contribution in [3.63, 3.8) is 0 Å². The van der Waals surface area contributed by atoms with E-state index in [1.807, 2.05) is 13.8 Å². The van der Waals surface area contributed by atoms with E-state index >= 15 is 0 Å². The van der Waals surface area contributed by atoms with E-state index in [1.54, 1.807) is 0 Å². The number of aromatic nitrogens is 1. The van der Waals surface area contributed by atoms with Crippen LogP contribution >= 0.6 is 0 Å². The SMILES string of the molecule is CC(C)CNC(=O)CNS(=O)(=O)c1cccnc1NN. The van der Waals surface area contributed by atoms with Crippen molar-refractivity contribution in [1.82, 2.24) is 15.0 Å². The van der Waals surface area contributed by atoms with Crippen LogP contribution in [0, 0.1) is 5.92 Å². The van der Waals surface area contributed by atoms with Crippen molar-refractivity contribution in [2.75, 3.05) is 18.5 Å². The van der Waals surface area contributed by atoms with Crippen LogP contribution in [0.2, 0.25) is 0 Å². The molecule has 1 heterocycles. The molecule has 0 atom stereocenters. The zero-order chi connectivity index (χ0) is 15.2. The smallest absolute Gasteiger partial charge is 0.244 e. The van der Waals surface area contributed by atoms with Gasteiger partial charge in [0.1, 0.15) is 4.90 Å². The predicted molar refractivity (Wildman–Crippen MR) is 75.1 cm³/mol. The third-order valence-electron chi connectivity index (χ3n) is 2.33. The standard InChI is InChI=1S/C11H19N5O3S/c1-8(2)6-14-10(17)7-15-20(18,19)9-4-3-5-13-11(9)16-12/h3-5,8,15H,6-7,12H2,1-2H3,(H,13,16)(H,14,17). The number of hydrogen-bond donors (Lipinski definition) is 4. The highest BCUT2D eigenvalue weighted by Gasteiger charge is 2.19. The highest BCUT2D eigenvalue weighted by atomic mass is 32.2. The van der Waals surface area contributed by atoms with Crippen LogP contribution in [0.5, 0.6) is 0 Å². The van der Waals surface area contributed by atoms with Gasteiger partial charge < -0.3 is 10.7 Å². The van der Waals surface area contributed by atoms with E-state index in [9.17, 15) is 13.2 Å². The van der Waals surface area contributed by atoms with Crippen molar-refractivity contribution in [2.24, 2.45) is 11.8 Å². The monoisotopic (exact) mass is 301 g/mol. The second kappa shape index (κ2) is 7.17. The first-order chi connectivity index (χ1) is 9.36. The summed E-state index contributed by atoms with van der Waals surface area (Å²) in [7, 11) is -3.85. The third kappa shape index (κ3) is 4.76. The maximum Gasteiger partial charge on any atom is 0.244 e. The minimum atomic E-state index is -3.85. The van der Waals surface area contributed by atoms with E-state index in [4.69, 9.17) is 5.84 Å². The number of nitrogens with zero attached hydrogens (tertiary/aromatic N) is 1. The molecular formula is C11H19N5O3S. The normalized spacial score (nSPS) is 11.4. The second-order valence-electron chi connectivity index (χ2n) is 4.52. The quantitative estimate of drug-likeness (QED) is 0.394. The molecule has 1 rings (SSSR count). The molecule has 0 aliphatic carbocycles. The number of nitrogens with one attached hydrogen (secondary N) is 3. The van der Waals surface area contributed by atoms with E-state index in [1.165, 1.54) is 18.3 Å². The molecule has 0 saturated carbocycles. The number of hydrazine groups is 1. The average Bonchev–Trinajstić information content (AvgIpc) is 2.43. The summed E-state index contributed by atoms with van der Waals surface area (Å²) in [4.78, 5) is 15.2. The average molecular weight is 301 g/mol. The van der Waals surface area contributed by atoms with Gasteiger partial charge in [0.25, 0.3) is 0 Å². The van der Waals surface area contributed by atoms with E-state index in [0.717, 1.165) is 0 Å². The lowest BCUT2D eigenvalue weighted by Crippen LogP contribution is -2.38. The summed E-state index contributed by atoms with van der Waals surface area (Å²) in [5.74, 6) is 5.12. The molecule has 9 heteroatoms. The predicted octanol–water partition coefficient (Wildman–Crippen LogP) is -0.582. The van der Waals surface area contributed by atoms with Crippen LogP contribution in [0.3, 0.4) is 0 Å². The maximum absolute atomic E-state index is 12.0. The molecule has 1 aromatic heterocycles. The first kappa shape index (κ1) is 16.3. The largest absolute Gasteiger partial charge is 0.355 e. The Morgan fingerprint density at radius 1 is 1.45 bits per heavy atom. The number of carbonyl (C=O) groups excluding carboxylic acids is 1. The van der Waals surface area contributed by atoms with Crippen molar-refractivity contribution < 1.29 is 13.2 Å². The number of nitrogen functional groups attached to an aromatic ring is 1. The highest BCUT2D eigenvalue weighted by molar-refractivity contribution is 7.89. The molecule has 1 amide bonds. The van der Waals surface area contributed by atoms with Gasteiger partial charge in [0.05, 0.1) is 6.54 Å². The van der Waals surface area contributed by atoms with Crippen LogP contribution in [0.1, 0.15) is 13.8 Å². The van der Waals surface area contributed by atoms with E-state index in [2.05, 4.69) is 20.4 Å². The molecule has 0 aliphatic heterocycles. The summed E-state index contributed by atoms with van der Waals surface area (Å²) < 4.78 is 26.3. The first-order valence-corrected chi connectivity index (χ1v) is 7.53. The number of sulfonamides is 1. The van der Waals surface area contributed by atoms with Crippen LogP contribution < -0.4 is 21.3 Å². The molecule has 112 valence electrons. The Kier molecular flexibility index (Phi) is 5.86. The van der Waals surface area contributed by atoms with Crippen molar-refractivity contribution in [1.29, 1.82) is 0 Å². The van der Waals surface area contributed by atoms with Crippen molar-refractivity contribution in [3.05, 3.63) is 18.3 Å². The Labute approximate surface area is 118 Å². The molecule has 20 heavy (non-hydrogen) atoms. The number of rotatable bonds is 7. The summed E-state index contributed by atoms with van der Waals surface area (Å²) in [5.41, 5.74) is 2.20. The van der Waals surface area contributed by atoms with E-state index < -0.39 is 15.9 Å². The number of pyridine rings is 1. The molecule has 1 aromatic rings. The molecule has 8 nitrogen and oxygen atoms in total. The van der Waals surface area contributed by atoms with Gasteiger partial charge in [0.15, 0.2) is 5.82 Å². The lowest BCUT2D eigenvalue weighted by molar-refractivity contribution is -0.120. The molecule has 0 saturated heterocycles. The lowest BCUT2D eigenvalue weighted by atomic mass is 10.2. The van der Waals surface area contributed by atoms with Crippen LogP contribution in [-0.2, 0) is 14.8 Å². The number of carbonyl (C=O) groups is 1. The number of hydrogen-bond acceptors (Lipinski definition) is 6. The number of amides is 1. The van der Waals surface area contributed by atoms with Gasteiger partial charge in [-0.25, -0.2) is 24.0 Å². The van der Waals surface area contributed by atoms with Crippen LogP contribution in [0.4, 0.5) is 5.82 Å². The Morgan fingerprint density at radius 2 is 2.15 bits per heavy atom. The Morgan fingerprint density at radius 3 is 2.75 bits per heavy atom. The lowest BCUT2D eigenvalue weighted by Gasteiger charge is -2.11. The zero-order valence-electron chi connectivity index (χ0n) is 11.4. The van der Waals surface area contributed by atoms with Gasteiger partial charge in [-0.15, -0.1) is 0 Å². The van der Waals surface area contributed by atoms with Crippen molar-refractivity contribution in [2.45, 2.75) is 18.7 Å². The second-order valence-corrected chi connectivity index (χ2v) is 6.25. The number of nitrogens with two attached hydrogens (primary N) is 1. The van der Waals surface area contributed by atoms with Gasteiger partial charge in [-0.3, -0.25) is 4.79 Å². The molecule has 0 aliphatic rings. The van der Waals surface area contributed by atoms with Crippen LogP contribution in [0.25, 0.3) is 0 Å². The van der Waals surface area contributed by atoms with Crippen LogP contribution in [-0.4, -0.2) is 32.4 Å². The first-order valence-electron chi connectivity index (χ1n) is 6.05. The minimum absolute atomic E-state index is 0.0163. The summed E-state index contributed by atoms with van der Waals surface area (Å²) in [5, 5.41) is 2.61. The Bertz CT molecular complexity index is 559. The van der Waals surface area contributed by atoms with Gasteiger partial charge in [-0.1, -0.05) is 13.8 Å². The van der Waals surface area contributed by atoms with Gasteiger partial charge in [-0.05, 0) is 18.1 Å². The molecule has 0 fully saturated rings. The van der Waals surface area contributed by atoms with Gasteiger partial charge in [-0.2, -0.15) is 0 Å². The maximum atomic E-state index is 12.0. The summed E-state index contributed by atoms with van der Waals surface area (Å²) in [6.45, 7) is 4.04. The van der Waals surface area contributed by atoms with Gasteiger partial charge in [0, 0.05) is 12.7 Å². The van der Waals surface area contributed by atoms with Gasteiger partial charge >= 0.3 is 0 Å². The highest BCUT2D eigenvalue weighted by Crippen LogP contribution is 2.16. The molecule has 0 spiro atoms. The Balaban J connectivity index is 2.69. The summed E-state index contributed by atoms with van der Waals surface area (Å²) >= 11 is 0. The third-order valence-corrected chi connectivity index (χ3v) is 3.76. The fraction of sp³-hybridized carbons (Fsp3) is 0.455. The van der Waals surface area contributed by atoms with E-state index in [-0.39, 0.29) is 17.3 Å².